The first kappa shape index (κ1) is 15.8. The first-order chi connectivity index (χ1) is 8.87. The van der Waals surface area contributed by atoms with Crippen LogP contribution >= 0.6 is 11.6 Å². The van der Waals surface area contributed by atoms with Gasteiger partial charge in [-0.15, -0.1) is 0 Å². The molecule has 5 heteroatoms. The van der Waals surface area contributed by atoms with Crippen molar-refractivity contribution in [2.75, 3.05) is 19.7 Å². The lowest BCUT2D eigenvalue weighted by Gasteiger charge is -2.33. The predicted molar refractivity (Wildman–Crippen MR) is 75.9 cm³/mol. The third-order valence-electron chi connectivity index (χ3n) is 3.14. The van der Waals surface area contributed by atoms with E-state index < -0.39 is 11.5 Å². The molecule has 0 spiro atoms. The molecule has 4 nitrogen and oxygen atoms in total. The molecule has 0 radical (unpaired) electrons. The van der Waals surface area contributed by atoms with Gasteiger partial charge in [0.1, 0.15) is 17.9 Å². The quantitative estimate of drug-likeness (QED) is 0.837. The minimum Gasteiger partial charge on any atom is -0.492 e. The molecule has 0 unspecified atom stereocenters. The summed E-state index contributed by atoms with van der Waals surface area (Å²) in [5, 5.41) is 9.85. The van der Waals surface area contributed by atoms with Crippen LogP contribution in [0.1, 0.15) is 20.8 Å². The Morgan fingerprint density at radius 3 is 2.42 bits per heavy atom. The third-order valence-corrected chi connectivity index (χ3v) is 3.39. The highest BCUT2D eigenvalue weighted by atomic mass is 35.5. The molecule has 0 fully saturated rings. The van der Waals surface area contributed by atoms with Crippen molar-refractivity contribution in [2.45, 2.75) is 26.3 Å². The number of hydrogen-bond donors (Lipinski definition) is 1. The van der Waals surface area contributed by atoms with E-state index in [2.05, 4.69) is 0 Å². The van der Waals surface area contributed by atoms with Crippen LogP contribution in [0.4, 0.5) is 0 Å². The van der Waals surface area contributed by atoms with Crippen LogP contribution < -0.4 is 4.74 Å². The van der Waals surface area contributed by atoms with E-state index in [0.29, 0.717) is 24.7 Å². The fraction of sp³-hybridized carbons (Fsp3) is 0.500. The van der Waals surface area contributed by atoms with Gasteiger partial charge in [-0.05, 0) is 44.7 Å². The highest BCUT2D eigenvalue weighted by Crippen LogP contribution is 2.17. The van der Waals surface area contributed by atoms with Crippen molar-refractivity contribution in [3.8, 4) is 5.75 Å². The van der Waals surface area contributed by atoms with Crippen molar-refractivity contribution in [2.24, 2.45) is 0 Å². The fourth-order valence-electron chi connectivity index (χ4n) is 1.77. The van der Waals surface area contributed by atoms with Crippen LogP contribution in [0.25, 0.3) is 0 Å². The first-order valence-corrected chi connectivity index (χ1v) is 6.62. The molecular formula is C14H20ClNO3. The lowest BCUT2D eigenvalue weighted by molar-refractivity contribution is -0.149. The molecule has 0 saturated carbocycles. The summed E-state index contributed by atoms with van der Waals surface area (Å²) in [6.07, 6.45) is 0. The molecule has 1 N–H and O–H groups in total. The standard InChI is InChI=1S/C14H20ClNO3/c1-4-16(14(2,3)13(17)18)9-10-19-12-7-5-11(15)6-8-12/h5-8H,4,9-10H2,1-3H3,(H,17,18). The summed E-state index contributed by atoms with van der Waals surface area (Å²) in [6, 6.07) is 7.10. The van der Waals surface area contributed by atoms with Crippen LogP contribution in [-0.2, 0) is 4.79 Å². The number of aliphatic carboxylic acids is 1. The molecule has 106 valence electrons. The van der Waals surface area contributed by atoms with Gasteiger partial charge in [0.05, 0.1) is 0 Å². The van der Waals surface area contributed by atoms with E-state index in [0.717, 1.165) is 5.75 Å². The van der Waals surface area contributed by atoms with Gasteiger partial charge in [0.2, 0.25) is 0 Å². The van der Waals surface area contributed by atoms with Crippen LogP contribution in [0.15, 0.2) is 24.3 Å². The van der Waals surface area contributed by atoms with Gasteiger partial charge in [-0.2, -0.15) is 0 Å². The Kier molecular flexibility index (Phi) is 5.63. The van der Waals surface area contributed by atoms with Crippen molar-refractivity contribution < 1.29 is 14.6 Å². The second-order valence-corrected chi connectivity index (χ2v) is 5.18. The summed E-state index contributed by atoms with van der Waals surface area (Å²) in [4.78, 5) is 13.1. The Morgan fingerprint density at radius 1 is 1.37 bits per heavy atom. The molecule has 19 heavy (non-hydrogen) atoms. The van der Waals surface area contributed by atoms with Gasteiger partial charge < -0.3 is 9.84 Å². The summed E-state index contributed by atoms with van der Waals surface area (Å²) in [7, 11) is 0. The van der Waals surface area contributed by atoms with Crippen molar-refractivity contribution in [1.29, 1.82) is 0 Å². The normalized spacial score (nSPS) is 11.6. The van der Waals surface area contributed by atoms with Crippen LogP contribution in [-0.4, -0.2) is 41.2 Å². The maximum Gasteiger partial charge on any atom is 0.323 e. The Labute approximate surface area is 118 Å². The largest absolute Gasteiger partial charge is 0.492 e. The van der Waals surface area contributed by atoms with Gasteiger partial charge in [-0.1, -0.05) is 18.5 Å². The second-order valence-electron chi connectivity index (χ2n) is 4.75. The number of nitrogens with zero attached hydrogens (tertiary/aromatic N) is 1. The first-order valence-electron chi connectivity index (χ1n) is 6.24. The molecular weight excluding hydrogens is 266 g/mol. The molecule has 0 saturated heterocycles. The van der Waals surface area contributed by atoms with E-state index in [1.165, 1.54) is 0 Å². The van der Waals surface area contributed by atoms with Gasteiger partial charge in [-0.3, -0.25) is 9.69 Å². The number of likely N-dealkylation sites (N-methyl/N-ethyl adjacent to an activating group) is 1. The number of carbonyl (C=O) groups is 1. The van der Waals surface area contributed by atoms with Crippen LogP contribution in [0.5, 0.6) is 5.75 Å². The van der Waals surface area contributed by atoms with Gasteiger partial charge in [-0.25, -0.2) is 0 Å². The number of carboxylic acids is 1. The third kappa shape index (κ3) is 4.40. The van der Waals surface area contributed by atoms with Gasteiger partial charge in [0.25, 0.3) is 0 Å². The van der Waals surface area contributed by atoms with E-state index in [1.54, 1.807) is 38.1 Å². The Morgan fingerprint density at radius 2 is 1.95 bits per heavy atom. The van der Waals surface area contributed by atoms with Gasteiger partial charge in [0.15, 0.2) is 0 Å². The predicted octanol–water partition coefficient (Wildman–Crippen LogP) is 2.90. The summed E-state index contributed by atoms with van der Waals surface area (Å²) in [5.74, 6) is -0.102. The zero-order chi connectivity index (χ0) is 14.5. The Hall–Kier alpha value is -1.26. The molecule has 0 aliphatic carbocycles. The maximum absolute atomic E-state index is 11.2. The monoisotopic (exact) mass is 285 g/mol. The Balaban J connectivity index is 2.50. The summed E-state index contributed by atoms with van der Waals surface area (Å²) >= 11 is 5.78. The zero-order valence-corrected chi connectivity index (χ0v) is 12.3. The van der Waals surface area contributed by atoms with E-state index in [4.69, 9.17) is 16.3 Å². The summed E-state index contributed by atoms with van der Waals surface area (Å²) < 4.78 is 5.57. The smallest absolute Gasteiger partial charge is 0.323 e. The van der Waals surface area contributed by atoms with Gasteiger partial charge in [0, 0.05) is 11.6 Å². The van der Waals surface area contributed by atoms with Crippen molar-refractivity contribution in [3.05, 3.63) is 29.3 Å². The second kappa shape index (κ2) is 6.78. The van der Waals surface area contributed by atoms with E-state index >= 15 is 0 Å². The molecule has 0 bridgehead atoms. The van der Waals surface area contributed by atoms with E-state index in [-0.39, 0.29) is 0 Å². The molecule has 0 aliphatic rings. The number of benzene rings is 1. The van der Waals surface area contributed by atoms with Crippen LogP contribution in [0, 0.1) is 0 Å². The molecule has 1 aromatic rings. The van der Waals surface area contributed by atoms with Crippen LogP contribution in [0.3, 0.4) is 0 Å². The number of ether oxygens (including phenoxy) is 1. The molecule has 1 rings (SSSR count). The van der Waals surface area contributed by atoms with Crippen LogP contribution in [0.2, 0.25) is 5.02 Å². The highest BCUT2D eigenvalue weighted by molar-refractivity contribution is 6.30. The summed E-state index contributed by atoms with van der Waals surface area (Å²) in [6.45, 7) is 6.98. The average molecular weight is 286 g/mol. The SMILES string of the molecule is CCN(CCOc1ccc(Cl)cc1)C(C)(C)C(=O)O. The lowest BCUT2D eigenvalue weighted by Crippen LogP contribution is -2.51. The van der Waals surface area contributed by atoms with Crippen molar-refractivity contribution in [3.63, 3.8) is 0 Å². The average Bonchev–Trinajstić information content (AvgIpc) is 2.36. The Bertz CT molecular complexity index is 417. The number of rotatable bonds is 7. The molecule has 0 amide bonds. The molecule has 0 aromatic heterocycles. The minimum absolute atomic E-state index is 0.437. The molecule has 0 aliphatic heterocycles. The molecule has 0 atom stereocenters. The topological polar surface area (TPSA) is 49.8 Å². The minimum atomic E-state index is -0.891. The summed E-state index contributed by atoms with van der Waals surface area (Å²) in [5.41, 5.74) is -0.891. The van der Waals surface area contributed by atoms with Crippen molar-refractivity contribution >= 4 is 17.6 Å². The lowest BCUT2D eigenvalue weighted by atomic mass is 10.0. The molecule has 1 aromatic carbocycles. The maximum atomic E-state index is 11.2. The zero-order valence-electron chi connectivity index (χ0n) is 11.5. The van der Waals surface area contributed by atoms with Crippen molar-refractivity contribution in [1.82, 2.24) is 4.90 Å². The molecule has 0 heterocycles. The highest BCUT2D eigenvalue weighted by Gasteiger charge is 2.33. The van der Waals surface area contributed by atoms with E-state index in [1.807, 2.05) is 11.8 Å². The number of halogens is 1. The number of hydrogen-bond acceptors (Lipinski definition) is 3. The fourth-order valence-corrected chi connectivity index (χ4v) is 1.90. The van der Waals surface area contributed by atoms with Gasteiger partial charge >= 0.3 is 5.97 Å². The number of carboxylic acid groups (broad SMARTS) is 1. The van der Waals surface area contributed by atoms with E-state index in [9.17, 15) is 9.90 Å².